The maximum atomic E-state index is 11.7. The summed E-state index contributed by atoms with van der Waals surface area (Å²) in [4.78, 5) is 14.3. The Balaban J connectivity index is 3.92. The van der Waals surface area contributed by atoms with Gasteiger partial charge in [0.15, 0.2) is 0 Å². The highest BCUT2D eigenvalue weighted by atomic mass is 32.1. The molecule has 0 aliphatic heterocycles. The van der Waals surface area contributed by atoms with E-state index >= 15 is 0 Å². The Kier molecular flexibility index (Phi) is 9.82. The third kappa shape index (κ3) is 9.32. The van der Waals surface area contributed by atoms with E-state index in [-0.39, 0.29) is 5.91 Å². The summed E-state index contributed by atoms with van der Waals surface area (Å²) in [5.74, 6) is 0.0303. The minimum absolute atomic E-state index is 0.0303. The minimum atomic E-state index is 0.0303. The average molecular weight is 275 g/mol. The largest absolute Gasteiger partial charge is 0.393 e. The first-order valence-corrected chi connectivity index (χ1v) is 6.66. The Hall–Kier alpha value is -0.720. The van der Waals surface area contributed by atoms with E-state index in [9.17, 15) is 4.79 Å². The molecule has 0 unspecified atom stereocenters. The lowest BCUT2D eigenvalue weighted by Crippen LogP contribution is -2.42. The first kappa shape index (κ1) is 17.3. The van der Waals surface area contributed by atoms with Gasteiger partial charge in [-0.3, -0.25) is 9.69 Å². The SMILES string of the molecule is COCCCNC(=O)CN(CCC(N)=S)C(C)C. The second-order valence-electron chi connectivity index (χ2n) is 4.48. The van der Waals surface area contributed by atoms with Crippen molar-refractivity contribution in [1.29, 1.82) is 0 Å². The van der Waals surface area contributed by atoms with Gasteiger partial charge in [-0.05, 0) is 20.3 Å². The number of carbonyl (C=O) groups is 1. The summed E-state index contributed by atoms with van der Waals surface area (Å²) < 4.78 is 4.92. The molecule has 0 atom stereocenters. The zero-order chi connectivity index (χ0) is 14.0. The zero-order valence-electron chi connectivity index (χ0n) is 11.6. The van der Waals surface area contributed by atoms with Crippen LogP contribution in [0.15, 0.2) is 0 Å². The fraction of sp³-hybridized carbons (Fsp3) is 0.833. The van der Waals surface area contributed by atoms with Gasteiger partial charge in [0.25, 0.3) is 0 Å². The highest BCUT2D eigenvalue weighted by Gasteiger charge is 2.13. The summed E-state index contributed by atoms with van der Waals surface area (Å²) in [5, 5.41) is 2.87. The molecular formula is C12H25N3O2S. The zero-order valence-corrected chi connectivity index (χ0v) is 12.4. The first-order valence-electron chi connectivity index (χ1n) is 6.25. The van der Waals surface area contributed by atoms with Crippen LogP contribution in [0.25, 0.3) is 0 Å². The van der Waals surface area contributed by atoms with E-state index in [1.165, 1.54) is 0 Å². The van der Waals surface area contributed by atoms with Crippen molar-refractivity contribution in [2.75, 3.05) is 33.4 Å². The summed E-state index contributed by atoms with van der Waals surface area (Å²) in [5.41, 5.74) is 5.48. The van der Waals surface area contributed by atoms with Crippen molar-refractivity contribution in [1.82, 2.24) is 10.2 Å². The molecule has 1 amide bonds. The Morgan fingerprint density at radius 3 is 2.67 bits per heavy atom. The van der Waals surface area contributed by atoms with E-state index in [4.69, 9.17) is 22.7 Å². The second-order valence-corrected chi connectivity index (χ2v) is 5.00. The number of rotatable bonds is 10. The van der Waals surface area contributed by atoms with Crippen LogP contribution in [-0.2, 0) is 9.53 Å². The average Bonchev–Trinajstić information content (AvgIpc) is 2.29. The minimum Gasteiger partial charge on any atom is -0.393 e. The van der Waals surface area contributed by atoms with Crippen LogP contribution in [0.4, 0.5) is 0 Å². The van der Waals surface area contributed by atoms with Crippen LogP contribution in [0.3, 0.4) is 0 Å². The second kappa shape index (κ2) is 10.2. The van der Waals surface area contributed by atoms with Gasteiger partial charge in [0.1, 0.15) is 0 Å². The number of hydrogen-bond acceptors (Lipinski definition) is 4. The van der Waals surface area contributed by atoms with Crippen molar-refractivity contribution in [2.24, 2.45) is 5.73 Å². The molecule has 0 fully saturated rings. The van der Waals surface area contributed by atoms with Crippen LogP contribution in [0, 0.1) is 0 Å². The standard InChI is InChI=1S/C12H25N3O2S/c1-10(2)15(7-5-11(13)18)9-12(16)14-6-4-8-17-3/h10H,4-9H2,1-3H3,(H2,13,18)(H,14,16). The first-order chi connectivity index (χ1) is 8.47. The number of nitrogens with one attached hydrogen (secondary N) is 1. The monoisotopic (exact) mass is 275 g/mol. The van der Waals surface area contributed by atoms with E-state index < -0.39 is 0 Å². The molecule has 0 saturated carbocycles. The van der Waals surface area contributed by atoms with Gasteiger partial charge in [-0.15, -0.1) is 0 Å². The molecule has 0 bridgehead atoms. The lowest BCUT2D eigenvalue weighted by Gasteiger charge is -2.25. The predicted octanol–water partition coefficient (Wildman–Crippen LogP) is 0.526. The number of ether oxygens (including phenoxy) is 1. The fourth-order valence-corrected chi connectivity index (χ4v) is 1.55. The van der Waals surface area contributed by atoms with Gasteiger partial charge in [0.2, 0.25) is 5.91 Å². The van der Waals surface area contributed by atoms with Crippen LogP contribution >= 0.6 is 12.2 Å². The van der Waals surface area contributed by atoms with E-state index in [0.717, 1.165) is 13.0 Å². The van der Waals surface area contributed by atoms with E-state index in [0.29, 0.717) is 37.1 Å². The molecular weight excluding hydrogens is 250 g/mol. The Bertz CT molecular complexity index is 260. The molecule has 0 aromatic heterocycles. The highest BCUT2D eigenvalue weighted by molar-refractivity contribution is 7.80. The third-order valence-electron chi connectivity index (χ3n) is 2.57. The maximum absolute atomic E-state index is 11.7. The normalized spacial score (nSPS) is 10.9. The van der Waals surface area contributed by atoms with E-state index in [2.05, 4.69) is 24.1 Å². The Morgan fingerprint density at radius 2 is 2.17 bits per heavy atom. The molecule has 0 aliphatic rings. The fourth-order valence-electron chi connectivity index (χ4n) is 1.46. The number of amides is 1. The van der Waals surface area contributed by atoms with Gasteiger partial charge in [-0.1, -0.05) is 12.2 Å². The quantitative estimate of drug-likeness (QED) is 0.449. The number of methoxy groups -OCH3 is 1. The summed E-state index contributed by atoms with van der Waals surface area (Å²) in [7, 11) is 1.65. The summed E-state index contributed by atoms with van der Waals surface area (Å²) in [6, 6.07) is 0.295. The lowest BCUT2D eigenvalue weighted by molar-refractivity contribution is -0.122. The Morgan fingerprint density at radius 1 is 1.50 bits per heavy atom. The topological polar surface area (TPSA) is 67.6 Å². The van der Waals surface area contributed by atoms with Crippen LogP contribution < -0.4 is 11.1 Å². The van der Waals surface area contributed by atoms with Crippen molar-refractivity contribution in [3.05, 3.63) is 0 Å². The van der Waals surface area contributed by atoms with Crippen molar-refractivity contribution < 1.29 is 9.53 Å². The molecule has 0 spiro atoms. The van der Waals surface area contributed by atoms with Crippen LogP contribution in [-0.4, -0.2) is 55.2 Å². The van der Waals surface area contributed by atoms with Crippen molar-refractivity contribution in [3.8, 4) is 0 Å². The van der Waals surface area contributed by atoms with Crippen LogP contribution in [0.2, 0.25) is 0 Å². The molecule has 0 aromatic rings. The third-order valence-corrected chi connectivity index (χ3v) is 2.77. The number of thiocarbonyl (C=S) groups is 1. The lowest BCUT2D eigenvalue weighted by atomic mass is 10.2. The number of carbonyl (C=O) groups excluding carboxylic acids is 1. The molecule has 5 nitrogen and oxygen atoms in total. The van der Waals surface area contributed by atoms with Gasteiger partial charge >= 0.3 is 0 Å². The molecule has 6 heteroatoms. The predicted molar refractivity (Wildman–Crippen MR) is 77.6 cm³/mol. The maximum Gasteiger partial charge on any atom is 0.234 e. The van der Waals surface area contributed by atoms with E-state index in [1.807, 2.05) is 0 Å². The van der Waals surface area contributed by atoms with Crippen LogP contribution in [0.1, 0.15) is 26.7 Å². The van der Waals surface area contributed by atoms with Crippen molar-refractivity contribution >= 4 is 23.1 Å². The van der Waals surface area contributed by atoms with Gasteiger partial charge in [0.05, 0.1) is 11.5 Å². The molecule has 3 N–H and O–H groups in total. The molecule has 0 aromatic carbocycles. The van der Waals surface area contributed by atoms with Crippen molar-refractivity contribution in [2.45, 2.75) is 32.7 Å². The number of nitrogens with two attached hydrogens (primary N) is 1. The number of nitrogens with zero attached hydrogens (tertiary/aromatic N) is 1. The summed E-state index contributed by atoms with van der Waals surface area (Å²) >= 11 is 4.85. The molecule has 18 heavy (non-hydrogen) atoms. The van der Waals surface area contributed by atoms with Gasteiger partial charge in [-0.2, -0.15) is 0 Å². The number of hydrogen-bond donors (Lipinski definition) is 2. The molecule has 0 aliphatic carbocycles. The summed E-state index contributed by atoms with van der Waals surface area (Å²) in [6.45, 7) is 6.52. The molecule has 0 radical (unpaired) electrons. The van der Waals surface area contributed by atoms with Gasteiger partial charge in [0, 0.05) is 39.3 Å². The molecule has 0 heterocycles. The van der Waals surface area contributed by atoms with Gasteiger partial charge in [-0.25, -0.2) is 0 Å². The molecule has 106 valence electrons. The van der Waals surface area contributed by atoms with Crippen molar-refractivity contribution in [3.63, 3.8) is 0 Å². The smallest absolute Gasteiger partial charge is 0.234 e. The molecule has 0 saturated heterocycles. The van der Waals surface area contributed by atoms with E-state index in [1.54, 1.807) is 7.11 Å². The Labute approximate surface area is 115 Å². The van der Waals surface area contributed by atoms with Crippen LogP contribution in [0.5, 0.6) is 0 Å². The summed E-state index contributed by atoms with van der Waals surface area (Å²) in [6.07, 6.45) is 1.47. The highest BCUT2D eigenvalue weighted by Crippen LogP contribution is 1.99. The molecule has 0 rings (SSSR count). The van der Waals surface area contributed by atoms with Gasteiger partial charge < -0.3 is 15.8 Å².